The van der Waals surface area contributed by atoms with Crippen LogP contribution in [0.1, 0.15) is 10.7 Å². The van der Waals surface area contributed by atoms with Crippen molar-refractivity contribution in [3.05, 3.63) is 5.82 Å². The monoisotopic (exact) mass is 166 g/mol. The summed E-state index contributed by atoms with van der Waals surface area (Å²) in [6.45, 7) is 0. The summed E-state index contributed by atoms with van der Waals surface area (Å²) in [5.74, 6) is 0.520. The molecule has 0 aliphatic rings. The first-order chi connectivity index (χ1) is 4.20. The Kier molecular flexibility index (Phi) is 1.78. The molecule has 6 heteroatoms. The van der Waals surface area contributed by atoms with Crippen molar-refractivity contribution in [1.82, 2.24) is 15.2 Å². The van der Waals surface area contributed by atoms with Gasteiger partial charge in [0.2, 0.25) is 5.95 Å². The zero-order valence-electron chi connectivity index (χ0n) is 4.31. The fourth-order valence-corrected chi connectivity index (χ4v) is 0.581. The van der Waals surface area contributed by atoms with Crippen LogP contribution in [0.3, 0.4) is 0 Å². The number of nitrogen functional groups attached to an aromatic ring is 1. The molecule has 1 heterocycles. The van der Waals surface area contributed by atoms with Gasteiger partial charge in [-0.2, -0.15) is 4.98 Å². The molecule has 0 saturated heterocycles. The van der Waals surface area contributed by atoms with Crippen LogP contribution in [0.25, 0.3) is 0 Å². The van der Waals surface area contributed by atoms with Gasteiger partial charge in [-0.25, -0.2) is 0 Å². The number of aromatic amines is 1. The van der Waals surface area contributed by atoms with Crippen LogP contribution >= 0.6 is 23.2 Å². The predicted molar refractivity (Wildman–Crippen MR) is 35.2 cm³/mol. The van der Waals surface area contributed by atoms with Crippen molar-refractivity contribution in [2.45, 2.75) is 4.84 Å². The lowest BCUT2D eigenvalue weighted by Gasteiger charge is -1.88. The second-order valence-corrected chi connectivity index (χ2v) is 2.48. The molecule has 0 amide bonds. The molecule has 0 saturated carbocycles. The molecule has 0 aliphatic carbocycles. The van der Waals surface area contributed by atoms with Crippen molar-refractivity contribution in [3.8, 4) is 0 Å². The van der Waals surface area contributed by atoms with Gasteiger partial charge in [-0.1, -0.05) is 23.2 Å². The molecule has 0 aliphatic heterocycles. The van der Waals surface area contributed by atoms with E-state index in [9.17, 15) is 0 Å². The number of nitrogens with zero attached hydrogens (tertiary/aromatic N) is 2. The summed E-state index contributed by atoms with van der Waals surface area (Å²) < 4.78 is 0. The average Bonchev–Trinajstić information content (AvgIpc) is 2.14. The lowest BCUT2D eigenvalue weighted by Crippen LogP contribution is -1.86. The largest absolute Gasteiger partial charge is 0.367 e. The minimum absolute atomic E-state index is 0.149. The average molecular weight is 167 g/mol. The molecule has 0 fully saturated rings. The topological polar surface area (TPSA) is 67.6 Å². The number of nitrogens with one attached hydrogen (secondary N) is 1. The molecular weight excluding hydrogens is 163 g/mol. The number of anilines is 1. The summed E-state index contributed by atoms with van der Waals surface area (Å²) in [5, 5.41) is 5.97. The summed E-state index contributed by atoms with van der Waals surface area (Å²) >= 11 is 10.8. The molecule has 1 aromatic rings. The number of hydrogen-bond acceptors (Lipinski definition) is 3. The zero-order valence-corrected chi connectivity index (χ0v) is 5.82. The van der Waals surface area contributed by atoms with Gasteiger partial charge >= 0.3 is 0 Å². The predicted octanol–water partition coefficient (Wildman–Crippen LogP) is 0.863. The number of rotatable bonds is 1. The van der Waals surface area contributed by atoms with Gasteiger partial charge in [0.05, 0.1) is 0 Å². The Balaban J connectivity index is 2.85. The molecule has 50 valence electrons. The maximum atomic E-state index is 5.39. The van der Waals surface area contributed by atoms with E-state index in [1.165, 1.54) is 0 Å². The second kappa shape index (κ2) is 2.41. The SMILES string of the molecule is Nc1n[nH]c(C(Cl)Cl)n1. The first kappa shape index (κ1) is 6.64. The van der Waals surface area contributed by atoms with Crippen LogP contribution in [0.4, 0.5) is 5.95 Å². The van der Waals surface area contributed by atoms with E-state index in [2.05, 4.69) is 15.2 Å². The summed E-state index contributed by atoms with van der Waals surface area (Å²) in [6.07, 6.45) is 0. The van der Waals surface area contributed by atoms with Crippen molar-refractivity contribution in [2.24, 2.45) is 0 Å². The number of H-pyrrole nitrogens is 1. The first-order valence-corrected chi connectivity index (χ1v) is 3.03. The molecule has 3 N–H and O–H groups in total. The minimum Gasteiger partial charge on any atom is -0.367 e. The lowest BCUT2D eigenvalue weighted by atomic mass is 10.7. The molecule has 1 aromatic heterocycles. The highest BCUT2D eigenvalue weighted by Crippen LogP contribution is 2.20. The highest BCUT2D eigenvalue weighted by atomic mass is 35.5. The molecular formula is C3H4Cl2N4. The third-order valence-electron chi connectivity index (χ3n) is 0.727. The van der Waals surface area contributed by atoms with Gasteiger partial charge in [0, 0.05) is 0 Å². The van der Waals surface area contributed by atoms with E-state index in [0.29, 0.717) is 5.82 Å². The Hall–Kier alpha value is -0.480. The van der Waals surface area contributed by atoms with Gasteiger partial charge in [-0.3, -0.25) is 5.10 Å². The Morgan fingerprint density at radius 2 is 2.22 bits per heavy atom. The summed E-state index contributed by atoms with van der Waals surface area (Å²) in [5.41, 5.74) is 5.15. The van der Waals surface area contributed by atoms with Crippen molar-refractivity contribution < 1.29 is 0 Å². The normalized spacial score (nSPS) is 10.6. The Labute approximate surface area is 61.4 Å². The number of alkyl halides is 2. The molecule has 0 aromatic carbocycles. The van der Waals surface area contributed by atoms with Crippen LogP contribution in [-0.4, -0.2) is 15.2 Å². The van der Waals surface area contributed by atoms with Crippen molar-refractivity contribution in [3.63, 3.8) is 0 Å². The lowest BCUT2D eigenvalue weighted by molar-refractivity contribution is 1.01. The highest BCUT2D eigenvalue weighted by Gasteiger charge is 2.06. The van der Waals surface area contributed by atoms with Gasteiger partial charge in [-0.15, -0.1) is 5.10 Å². The zero-order chi connectivity index (χ0) is 6.85. The van der Waals surface area contributed by atoms with E-state index in [1.54, 1.807) is 0 Å². The molecule has 0 unspecified atom stereocenters. The number of aromatic nitrogens is 3. The van der Waals surface area contributed by atoms with Crippen molar-refractivity contribution >= 4 is 29.2 Å². The quantitative estimate of drug-likeness (QED) is 0.609. The summed E-state index contributed by atoms with van der Waals surface area (Å²) in [7, 11) is 0. The second-order valence-electron chi connectivity index (χ2n) is 1.38. The molecule has 1 rings (SSSR count). The third kappa shape index (κ3) is 1.46. The van der Waals surface area contributed by atoms with Gasteiger partial charge in [0.1, 0.15) is 0 Å². The van der Waals surface area contributed by atoms with E-state index in [4.69, 9.17) is 28.9 Å². The van der Waals surface area contributed by atoms with Gasteiger partial charge in [0.25, 0.3) is 0 Å². The summed E-state index contributed by atoms with van der Waals surface area (Å²) in [4.78, 5) is 2.97. The first-order valence-electron chi connectivity index (χ1n) is 2.16. The molecule has 0 atom stereocenters. The molecule has 0 spiro atoms. The number of hydrogen-bond donors (Lipinski definition) is 2. The Bertz CT molecular complexity index is 195. The van der Waals surface area contributed by atoms with E-state index in [-0.39, 0.29) is 5.95 Å². The van der Waals surface area contributed by atoms with E-state index >= 15 is 0 Å². The molecule has 4 nitrogen and oxygen atoms in total. The van der Waals surface area contributed by atoms with Gasteiger partial charge in [0.15, 0.2) is 10.7 Å². The van der Waals surface area contributed by atoms with Crippen molar-refractivity contribution in [1.29, 1.82) is 0 Å². The minimum atomic E-state index is -0.685. The van der Waals surface area contributed by atoms with Crippen LogP contribution < -0.4 is 5.73 Å². The van der Waals surface area contributed by atoms with Crippen LogP contribution in [-0.2, 0) is 0 Å². The highest BCUT2D eigenvalue weighted by molar-refractivity contribution is 6.43. The maximum Gasteiger partial charge on any atom is 0.239 e. The van der Waals surface area contributed by atoms with Crippen LogP contribution in [0.5, 0.6) is 0 Å². The fourth-order valence-electron chi connectivity index (χ4n) is 0.386. The maximum absolute atomic E-state index is 5.39. The smallest absolute Gasteiger partial charge is 0.239 e. The molecule has 9 heavy (non-hydrogen) atoms. The van der Waals surface area contributed by atoms with E-state index in [0.717, 1.165) is 0 Å². The Morgan fingerprint density at radius 3 is 2.44 bits per heavy atom. The van der Waals surface area contributed by atoms with Crippen LogP contribution in [0, 0.1) is 0 Å². The van der Waals surface area contributed by atoms with E-state index in [1.807, 2.05) is 0 Å². The third-order valence-corrected chi connectivity index (χ3v) is 1.14. The van der Waals surface area contributed by atoms with Crippen molar-refractivity contribution in [2.75, 3.05) is 5.73 Å². The van der Waals surface area contributed by atoms with Gasteiger partial charge in [-0.05, 0) is 0 Å². The van der Waals surface area contributed by atoms with Crippen LogP contribution in [0.2, 0.25) is 0 Å². The standard InChI is InChI=1S/C3H4Cl2N4/c4-1(5)2-7-3(6)9-8-2/h1H,(H3,6,7,8,9). The van der Waals surface area contributed by atoms with E-state index < -0.39 is 4.84 Å². The van der Waals surface area contributed by atoms with Crippen LogP contribution in [0.15, 0.2) is 0 Å². The number of nitrogens with two attached hydrogens (primary N) is 1. The van der Waals surface area contributed by atoms with Gasteiger partial charge < -0.3 is 5.73 Å². The fraction of sp³-hybridized carbons (Fsp3) is 0.333. The summed E-state index contributed by atoms with van der Waals surface area (Å²) in [6, 6.07) is 0. The molecule has 0 bridgehead atoms. The molecule has 0 radical (unpaired) electrons. The Morgan fingerprint density at radius 1 is 1.56 bits per heavy atom. The number of halogens is 2.